The van der Waals surface area contributed by atoms with Crippen molar-refractivity contribution in [1.29, 1.82) is 0 Å². The van der Waals surface area contributed by atoms with Crippen molar-refractivity contribution in [2.75, 3.05) is 6.61 Å². The number of hydrogen-bond acceptors (Lipinski definition) is 4. The Bertz CT molecular complexity index is 700. The van der Waals surface area contributed by atoms with Gasteiger partial charge in [-0.1, -0.05) is 29.8 Å². The SMILES string of the molecule is CCOC(=O)C(Cc1ccc(C)cc1)C(O)Cn1ccc(=O)cc1. The molecule has 1 heterocycles. The molecular weight excluding hydrogens is 306 g/mol. The third kappa shape index (κ3) is 5.06. The highest BCUT2D eigenvalue weighted by Gasteiger charge is 2.28. The van der Waals surface area contributed by atoms with Crippen LogP contribution in [0.5, 0.6) is 0 Å². The molecule has 24 heavy (non-hydrogen) atoms. The quantitative estimate of drug-likeness (QED) is 0.788. The van der Waals surface area contributed by atoms with E-state index in [1.54, 1.807) is 23.9 Å². The van der Waals surface area contributed by atoms with E-state index in [1.165, 1.54) is 12.1 Å². The highest BCUT2D eigenvalue weighted by molar-refractivity contribution is 5.73. The van der Waals surface area contributed by atoms with Gasteiger partial charge < -0.3 is 14.4 Å². The van der Waals surface area contributed by atoms with E-state index in [9.17, 15) is 14.7 Å². The number of nitrogens with zero attached hydrogens (tertiary/aromatic N) is 1. The van der Waals surface area contributed by atoms with Crippen molar-refractivity contribution in [3.63, 3.8) is 0 Å². The molecule has 2 aromatic rings. The molecule has 0 saturated heterocycles. The van der Waals surface area contributed by atoms with Gasteiger partial charge in [-0.05, 0) is 25.8 Å². The highest BCUT2D eigenvalue weighted by atomic mass is 16.5. The highest BCUT2D eigenvalue weighted by Crippen LogP contribution is 2.17. The summed E-state index contributed by atoms with van der Waals surface area (Å²) in [7, 11) is 0. The molecule has 0 saturated carbocycles. The van der Waals surface area contributed by atoms with E-state index < -0.39 is 18.0 Å². The second-order valence-corrected chi connectivity index (χ2v) is 5.85. The topological polar surface area (TPSA) is 68.5 Å². The third-order valence-electron chi connectivity index (χ3n) is 3.89. The number of ether oxygens (including phenoxy) is 1. The van der Waals surface area contributed by atoms with Crippen molar-refractivity contribution >= 4 is 5.97 Å². The van der Waals surface area contributed by atoms with Crippen molar-refractivity contribution in [3.8, 4) is 0 Å². The molecule has 5 nitrogen and oxygen atoms in total. The molecule has 0 bridgehead atoms. The maximum absolute atomic E-state index is 12.3. The van der Waals surface area contributed by atoms with Crippen LogP contribution in [0.2, 0.25) is 0 Å². The Morgan fingerprint density at radius 3 is 2.38 bits per heavy atom. The largest absolute Gasteiger partial charge is 0.466 e. The van der Waals surface area contributed by atoms with Crippen LogP contribution in [0.3, 0.4) is 0 Å². The van der Waals surface area contributed by atoms with E-state index in [2.05, 4.69) is 0 Å². The smallest absolute Gasteiger partial charge is 0.311 e. The molecule has 1 aromatic carbocycles. The average molecular weight is 329 g/mol. The first-order valence-corrected chi connectivity index (χ1v) is 8.06. The van der Waals surface area contributed by atoms with Crippen molar-refractivity contribution in [3.05, 3.63) is 70.1 Å². The summed E-state index contributed by atoms with van der Waals surface area (Å²) in [6.45, 7) is 4.23. The van der Waals surface area contributed by atoms with E-state index in [0.717, 1.165) is 11.1 Å². The number of carbonyl (C=O) groups is 1. The predicted octanol–water partition coefficient (Wildman–Crippen LogP) is 1.94. The molecule has 1 aromatic heterocycles. The summed E-state index contributed by atoms with van der Waals surface area (Å²) in [5.74, 6) is -1.07. The summed E-state index contributed by atoms with van der Waals surface area (Å²) in [5.41, 5.74) is 2.01. The van der Waals surface area contributed by atoms with Crippen LogP contribution in [-0.4, -0.2) is 28.4 Å². The van der Waals surface area contributed by atoms with Crippen LogP contribution < -0.4 is 5.43 Å². The monoisotopic (exact) mass is 329 g/mol. The van der Waals surface area contributed by atoms with Crippen LogP contribution in [0.4, 0.5) is 0 Å². The lowest BCUT2D eigenvalue weighted by atomic mass is 9.93. The number of carbonyl (C=O) groups excluding carboxylic acids is 1. The van der Waals surface area contributed by atoms with E-state index in [1.807, 2.05) is 31.2 Å². The van der Waals surface area contributed by atoms with E-state index in [4.69, 9.17) is 4.74 Å². The fourth-order valence-electron chi connectivity index (χ4n) is 2.51. The lowest BCUT2D eigenvalue weighted by Crippen LogP contribution is -2.35. The van der Waals surface area contributed by atoms with Gasteiger partial charge in [0.2, 0.25) is 0 Å². The minimum Gasteiger partial charge on any atom is -0.466 e. The van der Waals surface area contributed by atoms with E-state index in [0.29, 0.717) is 6.42 Å². The van der Waals surface area contributed by atoms with Gasteiger partial charge in [-0.2, -0.15) is 0 Å². The first-order chi connectivity index (χ1) is 11.5. The van der Waals surface area contributed by atoms with Crippen LogP contribution in [-0.2, 0) is 22.5 Å². The van der Waals surface area contributed by atoms with Crippen molar-refractivity contribution in [2.24, 2.45) is 5.92 Å². The Morgan fingerprint density at radius 2 is 1.79 bits per heavy atom. The second kappa shape index (κ2) is 8.45. The van der Waals surface area contributed by atoms with E-state index in [-0.39, 0.29) is 18.6 Å². The number of aryl methyl sites for hydroxylation is 1. The maximum Gasteiger partial charge on any atom is 0.311 e. The Labute approximate surface area is 141 Å². The lowest BCUT2D eigenvalue weighted by Gasteiger charge is -2.22. The number of hydrogen-bond donors (Lipinski definition) is 1. The molecule has 0 fully saturated rings. The van der Waals surface area contributed by atoms with Crippen LogP contribution in [0, 0.1) is 12.8 Å². The van der Waals surface area contributed by atoms with Crippen molar-refractivity contribution in [2.45, 2.75) is 32.9 Å². The number of pyridine rings is 1. The van der Waals surface area contributed by atoms with Gasteiger partial charge in [0.1, 0.15) is 0 Å². The fraction of sp³-hybridized carbons (Fsp3) is 0.368. The first-order valence-electron chi connectivity index (χ1n) is 8.06. The second-order valence-electron chi connectivity index (χ2n) is 5.85. The van der Waals surface area contributed by atoms with E-state index >= 15 is 0 Å². The lowest BCUT2D eigenvalue weighted by molar-refractivity contribution is -0.152. The Kier molecular flexibility index (Phi) is 6.32. The third-order valence-corrected chi connectivity index (χ3v) is 3.89. The molecule has 0 aliphatic carbocycles. The molecule has 0 aliphatic heterocycles. The van der Waals surface area contributed by atoms with Gasteiger partial charge in [0, 0.05) is 31.1 Å². The van der Waals surface area contributed by atoms with Crippen LogP contribution in [0.15, 0.2) is 53.6 Å². The summed E-state index contributed by atoms with van der Waals surface area (Å²) in [6, 6.07) is 10.7. The van der Waals surface area contributed by atoms with Gasteiger partial charge in [0.15, 0.2) is 5.43 Å². The molecular formula is C19H23NO4. The van der Waals surface area contributed by atoms with Crippen LogP contribution in [0.25, 0.3) is 0 Å². The Morgan fingerprint density at radius 1 is 1.17 bits per heavy atom. The molecule has 5 heteroatoms. The van der Waals surface area contributed by atoms with Gasteiger partial charge >= 0.3 is 5.97 Å². The molecule has 0 radical (unpaired) electrons. The zero-order chi connectivity index (χ0) is 17.5. The summed E-state index contributed by atoms with van der Waals surface area (Å²) in [5, 5.41) is 10.5. The number of aromatic nitrogens is 1. The van der Waals surface area contributed by atoms with Gasteiger partial charge in [0.05, 0.1) is 18.6 Å². The van der Waals surface area contributed by atoms with Gasteiger partial charge in [-0.25, -0.2) is 0 Å². The minimum atomic E-state index is -0.909. The molecule has 128 valence electrons. The maximum atomic E-state index is 12.3. The average Bonchev–Trinajstić information content (AvgIpc) is 2.56. The predicted molar refractivity (Wildman–Crippen MR) is 91.7 cm³/mol. The molecule has 2 rings (SSSR count). The van der Waals surface area contributed by atoms with Gasteiger partial charge in [-0.15, -0.1) is 0 Å². The van der Waals surface area contributed by atoms with Gasteiger partial charge in [0.25, 0.3) is 0 Å². The number of esters is 1. The Hall–Kier alpha value is -2.40. The number of aliphatic hydroxyl groups is 1. The van der Waals surface area contributed by atoms with Gasteiger partial charge in [-0.3, -0.25) is 9.59 Å². The zero-order valence-corrected chi connectivity index (χ0v) is 14.0. The number of benzene rings is 1. The molecule has 2 unspecified atom stereocenters. The number of aliphatic hydroxyl groups excluding tert-OH is 1. The molecule has 0 amide bonds. The van der Waals surface area contributed by atoms with Crippen LogP contribution in [0.1, 0.15) is 18.1 Å². The molecule has 1 N–H and O–H groups in total. The zero-order valence-electron chi connectivity index (χ0n) is 14.0. The minimum absolute atomic E-state index is 0.0951. The summed E-state index contributed by atoms with van der Waals surface area (Å²) >= 11 is 0. The molecule has 0 spiro atoms. The standard InChI is InChI=1S/C19H23NO4/c1-3-24-19(23)17(12-15-6-4-14(2)5-7-15)18(22)13-20-10-8-16(21)9-11-20/h4-11,17-18,22H,3,12-13H2,1-2H3. The Balaban J connectivity index is 2.14. The normalized spacial score (nSPS) is 13.3. The molecule has 2 atom stereocenters. The fourth-order valence-corrected chi connectivity index (χ4v) is 2.51. The molecule has 0 aliphatic rings. The van der Waals surface area contributed by atoms with Crippen molar-refractivity contribution < 1.29 is 14.6 Å². The number of rotatable bonds is 7. The van der Waals surface area contributed by atoms with Crippen LogP contribution >= 0.6 is 0 Å². The summed E-state index contributed by atoms with van der Waals surface area (Å²) in [6.07, 6.45) is 2.69. The van der Waals surface area contributed by atoms with Crippen molar-refractivity contribution in [1.82, 2.24) is 4.57 Å². The summed E-state index contributed by atoms with van der Waals surface area (Å²) in [4.78, 5) is 23.4. The summed E-state index contributed by atoms with van der Waals surface area (Å²) < 4.78 is 6.81. The first kappa shape index (κ1) is 17.9.